The predicted molar refractivity (Wildman–Crippen MR) is 53.7 cm³/mol. The van der Waals surface area contributed by atoms with E-state index in [1.165, 1.54) is 14.2 Å². The number of ether oxygens (including phenoxy) is 2. The first-order chi connectivity index (χ1) is 7.51. The first-order valence-electron chi connectivity index (χ1n) is 4.36. The van der Waals surface area contributed by atoms with E-state index in [2.05, 4.69) is 9.47 Å². The molecule has 4 nitrogen and oxygen atoms in total. The molecule has 0 radical (unpaired) electrons. The number of anilines is 1. The zero-order chi connectivity index (χ0) is 12.3. The molecular formula is C10H11F2NO3. The summed E-state index contributed by atoms with van der Waals surface area (Å²) in [5.74, 6) is -1.75. The van der Waals surface area contributed by atoms with Gasteiger partial charge in [-0.15, -0.1) is 0 Å². The molecule has 0 aliphatic heterocycles. The molecular weight excluding hydrogens is 220 g/mol. The summed E-state index contributed by atoms with van der Waals surface area (Å²) in [4.78, 5) is 12.0. The summed E-state index contributed by atoms with van der Waals surface area (Å²) >= 11 is 0. The Morgan fingerprint density at radius 1 is 1.25 bits per heavy atom. The molecule has 0 unspecified atom stereocenters. The summed E-state index contributed by atoms with van der Waals surface area (Å²) in [5, 5.41) is 0. The Morgan fingerprint density at radius 3 is 2.38 bits per heavy atom. The summed E-state index contributed by atoms with van der Waals surface area (Å²) in [7, 11) is 3.65. The summed E-state index contributed by atoms with van der Waals surface area (Å²) in [5.41, 5.74) is -0.217. The third kappa shape index (κ3) is 2.21. The molecule has 1 rings (SSSR count). The number of halogens is 2. The number of carbonyl (C=O) groups excluding carboxylic acids is 1. The van der Waals surface area contributed by atoms with Crippen LogP contribution in [0.5, 0.6) is 5.75 Å². The number of amides is 1. The SMILES string of the molecule is COC(=O)N(C)c1cc(F)c(OC)cc1F. The number of nitrogens with zero attached hydrogens (tertiary/aromatic N) is 1. The number of rotatable bonds is 2. The number of methoxy groups -OCH3 is 2. The lowest BCUT2D eigenvalue weighted by Gasteiger charge is -2.17. The zero-order valence-corrected chi connectivity index (χ0v) is 9.08. The smallest absolute Gasteiger partial charge is 0.413 e. The van der Waals surface area contributed by atoms with Crippen molar-refractivity contribution in [1.82, 2.24) is 0 Å². The largest absolute Gasteiger partial charge is 0.494 e. The fraction of sp³-hybridized carbons (Fsp3) is 0.300. The number of hydrogen-bond acceptors (Lipinski definition) is 3. The summed E-state index contributed by atoms with van der Waals surface area (Å²) < 4.78 is 35.7. The third-order valence-corrected chi connectivity index (χ3v) is 2.03. The van der Waals surface area contributed by atoms with Crippen molar-refractivity contribution in [2.24, 2.45) is 0 Å². The zero-order valence-electron chi connectivity index (χ0n) is 9.08. The lowest BCUT2D eigenvalue weighted by Crippen LogP contribution is -2.26. The van der Waals surface area contributed by atoms with Crippen LogP contribution in [0.25, 0.3) is 0 Å². The van der Waals surface area contributed by atoms with Crippen molar-refractivity contribution in [2.45, 2.75) is 0 Å². The first kappa shape index (κ1) is 12.2. The standard InChI is InChI=1S/C10H11F2NO3/c1-13(10(14)16-3)8-4-7(12)9(15-2)5-6(8)11/h4-5H,1-3H3. The highest BCUT2D eigenvalue weighted by atomic mass is 19.1. The van der Waals surface area contributed by atoms with Gasteiger partial charge in [0, 0.05) is 19.2 Å². The Hall–Kier alpha value is -1.85. The van der Waals surface area contributed by atoms with E-state index in [1.807, 2.05) is 0 Å². The molecule has 0 bridgehead atoms. The molecule has 16 heavy (non-hydrogen) atoms. The van der Waals surface area contributed by atoms with Crippen LogP contribution < -0.4 is 9.64 Å². The van der Waals surface area contributed by atoms with Crippen molar-refractivity contribution >= 4 is 11.8 Å². The van der Waals surface area contributed by atoms with Gasteiger partial charge >= 0.3 is 6.09 Å². The summed E-state index contributed by atoms with van der Waals surface area (Å²) in [6, 6.07) is 1.73. The molecule has 0 heterocycles. The van der Waals surface area contributed by atoms with Gasteiger partial charge < -0.3 is 9.47 Å². The molecule has 1 aromatic carbocycles. The monoisotopic (exact) mass is 231 g/mol. The van der Waals surface area contributed by atoms with E-state index in [4.69, 9.17) is 0 Å². The minimum atomic E-state index is -0.788. The Balaban J connectivity index is 3.15. The average Bonchev–Trinajstić information content (AvgIpc) is 2.29. The molecule has 0 N–H and O–H groups in total. The van der Waals surface area contributed by atoms with Gasteiger partial charge in [0.05, 0.1) is 19.9 Å². The number of hydrogen-bond donors (Lipinski definition) is 0. The van der Waals surface area contributed by atoms with Crippen molar-refractivity contribution in [3.05, 3.63) is 23.8 Å². The van der Waals surface area contributed by atoms with Crippen molar-refractivity contribution in [1.29, 1.82) is 0 Å². The number of benzene rings is 1. The molecule has 0 aliphatic rings. The van der Waals surface area contributed by atoms with E-state index in [9.17, 15) is 13.6 Å². The van der Waals surface area contributed by atoms with Gasteiger partial charge in [-0.25, -0.2) is 13.6 Å². The van der Waals surface area contributed by atoms with Crippen LogP contribution in [0.3, 0.4) is 0 Å². The topological polar surface area (TPSA) is 38.8 Å². The van der Waals surface area contributed by atoms with Gasteiger partial charge in [-0.2, -0.15) is 0 Å². The minimum Gasteiger partial charge on any atom is -0.494 e. The molecule has 0 aliphatic carbocycles. The lowest BCUT2D eigenvalue weighted by atomic mass is 10.2. The molecule has 6 heteroatoms. The maximum atomic E-state index is 13.5. The second kappa shape index (κ2) is 4.78. The highest BCUT2D eigenvalue weighted by Gasteiger charge is 2.18. The second-order valence-corrected chi connectivity index (χ2v) is 2.97. The van der Waals surface area contributed by atoms with Crippen LogP contribution in [0, 0.1) is 11.6 Å². The van der Waals surface area contributed by atoms with Crippen LogP contribution in [0.2, 0.25) is 0 Å². The first-order valence-corrected chi connectivity index (χ1v) is 4.36. The van der Waals surface area contributed by atoms with Gasteiger partial charge in [-0.3, -0.25) is 4.90 Å². The molecule has 0 saturated carbocycles. The Morgan fingerprint density at radius 2 is 1.88 bits per heavy atom. The highest BCUT2D eigenvalue weighted by Crippen LogP contribution is 2.26. The van der Waals surface area contributed by atoms with Crippen LogP contribution >= 0.6 is 0 Å². The normalized spacial score (nSPS) is 9.81. The molecule has 0 aromatic heterocycles. The van der Waals surface area contributed by atoms with Crippen molar-refractivity contribution in [3.8, 4) is 5.75 Å². The Labute approximate surface area is 91.4 Å². The van der Waals surface area contributed by atoms with Crippen LogP contribution in [-0.2, 0) is 4.74 Å². The molecule has 1 aromatic rings. The number of carbonyl (C=O) groups is 1. The van der Waals surface area contributed by atoms with Crippen LogP contribution in [0.4, 0.5) is 19.3 Å². The highest BCUT2D eigenvalue weighted by molar-refractivity contribution is 5.87. The molecule has 0 fully saturated rings. The van der Waals surface area contributed by atoms with E-state index in [0.29, 0.717) is 0 Å². The molecule has 0 spiro atoms. The summed E-state index contributed by atoms with van der Waals surface area (Å²) in [6.07, 6.45) is -0.788. The van der Waals surface area contributed by atoms with E-state index >= 15 is 0 Å². The van der Waals surface area contributed by atoms with E-state index in [-0.39, 0.29) is 11.4 Å². The van der Waals surface area contributed by atoms with Gasteiger partial charge in [-0.1, -0.05) is 0 Å². The van der Waals surface area contributed by atoms with Crippen LogP contribution in [0.15, 0.2) is 12.1 Å². The van der Waals surface area contributed by atoms with Gasteiger partial charge in [0.15, 0.2) is 17.4 Å². The quantitative estimate of drug-likeness (QED) is 0.783. The fourth-order valence-electron chi connectivity index (χ4n) is 1.17. The van der Waals surface area contributed by atoms with Crippen molar-refractivity contribution in [2.75, 3.05) is 26.2 Å². The third-order valence-electron chi connectivity index (χ3n) is 2.03. The molecule has 0 atom stereocenters. The van der Waals surface area contributed by atoms with E-state index in [0.717, 1.165) is 24.1 Å². The lowest BCUT2D eigenvalue weighted by molar-refractivity contribution is 0.180. The van der Waals surface area contributed by atoms with E-state index < -0.39 is 17.7 Å². The van der Waals surface area contributed by atoms with Crippen molar-refractivity contribution in [3.63, 3.8) is 0 Å². The van der Waals surface area contributed by atoms with Crippen LogP contribution in [-0.4, -0.2) is 27.4 Å². The van der Waals surface area contributed by atoms with Crippen molar-refractivity contribution < 1.29 is 23.0 Å². The Kier molecular flexibility index (Phi) is 3.65. The average molecular weight is 231 g/mol. The fourth-order valence-corrected chi connectivity index (χ4v) is 1.17. The second-order valence-electron chi connectivity index (χ2n) is 2.97. The van der Waals surface area contributed by atoms with Gasteiger partial charge in [0.1, 0.15) is 0 Å². The molecule has 1 amide bonds. The maximum absolute atomic E-state index is 13.5. The maximum Gasteiger partial charge on any atom is 0.413 e. The Bertz CT molecular complexity index is 409. The van der Waals surface area contributed by atoms with E-state index in [1.54, 1.807) is 0 Å². The molecule has 0 saturated heterocycles. The van der Waals surface area contributed by atoms with Crippen LogP contribution in [0.1, 0.15) is 0 Å². The predicted octanol–water partition coefficient (Wildman–Crippen LogP) is 2.18. The summed E-state index contributed by atoms with van der Waals surface area (Å²) in [6.45, 7) is 0. The van der Waals surface area contributed by atoms with Gasteiger partial charge in [-0.05, 0) is 0 Å². The molecule has 88 valence electrons. The minimum absolute atomic E-state index is 0.217. The van der Waals surface area contributed by atoms with Gasteiger partial charge in [0.25, 0.3) is 0 Å². The van der Waals surface area contributed by atoms with Gasteiger partial charge in [0.2, 0.25) is 0 Å².